The SMILES string of the molecule is CC(N)=O.NC(=O)C(=O)c1ccc(O)c(O)c1Cl. The van der Waals surface area contributed by atoms with Crippen molar-refractivity contribution in [3.05, 3.63) is 22.7 Å². The Bertz CT molecular complexity index is 497. The lowest BCUT2D eigenvalue weighted by atomic mass is 10.1. The van der Waals surface area contributed by atoms with Crippen LogP contribution in [0.3, 0.4) is 0 Å². The van der Waals surface area contributed by atoms with Gasteiger partial charge in [-0.1, -0.05) is 11.6 Å². The summed E-state index contributed by atoms with van der Waals surface area (Å²) in [6, 6.07) is 2.14. The molecule has 8 heteroatoms. The molecular formula is C10H11ClN2O5. The van der Waals surface area contributed by atoms with Crippen LogP contribution in [0, 0.1) is 0 Å². The molecule has 0 spiro atoms. The lowest BCUT2D eigenvalue weighted by molar-refractivity contribution is -0.116. The number of Topliss-reactive ketones (excluding diaryl/α,β-unsaturated/α-hetero) is 1. The van der Waals surface area contributed by atoms with E-state index in [4.69, 9.17) is 27.5 Å². The van der Waals surface area contributed by atoms with Crippen molar-refractivity contribution in [1.82, 2.24) is 0 Å². The van der Waals surface area contributed by atoms with E-state index in [1.807, 2.05) is 0 Å². The highest BCUT2D eigenvalue weighted by Gasteiger charge is 2.19. The summed E-state index contributed by atoms with van der Waals surface area (Å²) in [4.78, 5) is 30.8. The Balaban J connectivity index is 0.000000631. The molecule has 98 valence electrons. The van der Waals surface area contributed by atoms with Crippen molar-refractivity contribution in [3.8, 4) is 11.5 Å². The molecule has 1 rings (SSSR count). The summed E-state index contributed by atoms with van der Waals surface area (Å²) in [5.41, 5.74) is 8.96. The van der Waals surface area contributed by atoms with Crippen LogP contribution in [0.4, 0.5) is 0 Å². The number of halogens is 1. The Morgan fingerprint density at radius 3 is 2.00 bits per heavy atom. The highest BCUT2D eigenvalue weighted by molar-refractivity contribution is 6.47. The smallest absolute Gasteiger partial charge is 0.289 e. The van der Waals surface area contributed by atoms with Gasteiger partial charge in [-0.15, -0.1) is 0 Å². The maximum absolute atomic E-state index is 11.1. The molecule has 0 aliphatic rings. The second-order valence-electron chi connectivity index (χ2n) is 3.10. The number of hydrogen-bond acceptors (Lipinski definition) is 5. The molecule has 0 atom stereocenters. The van der Waals surface area contributed by atoms with E-state index in [9.17, 15) is 14.4 Å². The molecule has 0 radical (unpaired) electrons. The molecule has 0 saturated heterocycles. The number of benzene rings is 1. The molecule has 1 aromatic rings. The summed E-state index contributed by atoms with van der Waals surface area (Å²) in [7, 11) is 0. The largest absolute Gasteiger partial charge is 0.504 e. The Labute approximate surface area is 107 Å². The van der Waals surface area contributed by atoms with Gasteiger partial charge in [0.05, 0.1) is 10.6 Å². The minimum absolute atomic E-state index is 0.241. The fourth-order valence-electron chi connectivity index (χ4n) is 0.862. The lowest BCUT2D eigenvalue weighted by Gasteiger charge is -2.03. The molecule has 0 aliphatic heterocycles. The van der Waals surface area contributed by atoms with Crippen LogP contribution in [0.25, 0.3) is 0 Å². The Morgan fingerprint density at radius 1 is 1.17 bits per heavy atom. The number of rotatable bonds is 2. The third kappa shape index (κ3) is 4.30. The van der Waals surface area contributed by atoms with Crippen LogP contribution < -0.4 is 11.5 Å². The molecule has 0 heterocycles. The molecule has 0 bridgehead atoms. The summed E-state index contributed by atoms with van der Waals surface area (Å²) < 4.78 is 0. The molecular weight excluding hydrogens is 264 g/mol. The molecule has 0 fully saturated rings. The maximum Gasteiger partial charge on any atom is 0.289 e. The summed E-state index contributed by atoms with van der Waals surface area (Å²) in [6.07, 6.45) is 0. The lowest BCUT2D eigenvalue weighted by Crippen LogP contribution is -2.23. The number of carbonyl (C=O) groups excluding carboxylic acids is 3. The zero-order chi connectivity index (χ0) is 14.5. The van der Waals surface area contributed by atoms with Crippen LogP contribution >= 0.6 is 11.6 Å². The predicted octanol–water partition coefficient (Wildman–Crippen LogP) is -0.0892. The monoisotopic (exact) mass is 274 g/mol. The van der Waals surface area contributed by atoms with E-state index in [2.05, 4.69) is 5.73 Å². The van der Waals surface area contributed by atoms with Gasteiger partial charge in [0.15, 0.2) is 11.5 Å². The van der Waals surface area contributed by atoms with E-state index in [0.29, 0.717) is 0 Å². The van der Waals surface area contributed by atoms with Gasteiger partial charge in [0.1, 0.15) is 0 Å². The van der Waals surface area contributed by atoms with Crippen molar-refractivity contribution in [3.63, 3.8) is 0 Å². The molecule has 0 saturated carbocycles. The van der Waals surface area contributed by atoms with Gasteiger partial charge >= 0.3 is 0 Å². The van der Waals surface area contributed by atoms with Crippen LogP contribution in [-0.4, -0.2) is 27.8 Å². The van der Waals surface area contributed by atoms with Gasteiger partial charge in [0, 0.05) is 6.92 Å². The first-order valence-electron chi connectivity index (χ1n) is 4.49. The highest BCUT2D eigenvalue weighted by atomic mass is 35.5. The molecule has 7 nitrogen and oxygen atoms in total. The summed E-state index contributed by atoms with van der Waals surface area (Å²) in [5, 5.41) is 17.7. The van der Waals surface area contributed by atoms with Gasteiger partial charge in [-0.05, 0) is 12.1 Å². The maximum atomic E-state index is 11.1. The summed E-state index contributed by atoms with van der Waals surface area (Å²) in [6.45, 7) is 1.31. The van der Waals surface area contributed by atoms with Crippen LogP contribution in [-0.2, 0) is 9.59 Å². The second-order valence-corrected chi connectivity index (χ2v) is 3.48. The standard InChI is InChI=1S/C8H6ClNO4.C2H5NO/c9-5-3(6(12)8(10)14)1-2-4(11)7(5)13;1-2(3)4/h1-2,11,13H,(H2,10,14);1H3,(H2,3,4). The Hall–Kier alpha value is -2.28. The minimum Gasteiger partial charge on any atom is -0.504 e. The van der Waals surface area contributed by atoms with E-state index in [0.717, 1.165) is 12.1 Å². The second kappa shape index (κ2) is 6.45. The number of aromatic hydroxyl groups is 2. The topological polar surface area (TPSA) is 144 Å². The zero-order valence-corrected chi connectivity index (χ0v) is 10.1. The van der Waals surface area contributed by atoms with Crippen LogP contribution in [0.2, 0.25) is 5.02 Å². The number of phenolic OH excluding ortho intramolecular Hbond substituents is 2. The Kier molecular flexibility index (Phi) is 5.64. The highest BCUT2D eigenvalue weighted by Crippen LogP contribution is 2.35. The van der Waals surface area contributed by atoms with Crippen molar-refractivity contribution >= 4 is 29.2 Å². The first-order chi connectivity index (χ1) is 8.18. The zero-order valence-electron chi connectivity index (χ0n) is 9.31. The quantitative estimate of drug-likeness (QED) is 0.338. The van der Waals surface area contributed by atoms with Gasteiger partial charge in [-0.25, -0.2) is 0 Å². The fraction of sp³-hybridized carbons (Fsp3) is 0.100. The van der Waals surface area contributed by atoms with E-state index in [1.165, 1.54) is 6.92 Å². The van der Waals surface area contributed by atoms with Crippen LogP contribution in [0.15, 0.2) is 12.1 Å². The molecule has 18 heavy (non-hydrogen) atoms. The number of phenols is 2. The number of ketones is 1. The molecule has 6 N–H and O–H groups in total. The van der Waals surface area contributed by atoms with Crippen molar-refractivity contribution in [2.24, 2.45) is 11.5 Å². The van der Waals surface area contributed by atoms with E-state index in [1.54, 1.807) is 0 Å². The van der Waals surface area contributed by atoms with Gasteiger partial charge in [-0.3, -0.25) is 14.4 Å². The minimum atomic E-state index is -1.18. The van der Waals surface area contributed by atoms with Crippen LogP contribution in [0.1, 0.15) is 17.3 Å². The first kappa shape index (κ1) is 15.7. The van der Waals surface area contributed by atoms with Gasteiger partial charge < -0.3 is 21.7 Å². The van der Waals surface area contributed by atoms with E-state index < -0.39 is 28.2 Å². The third-order valence-corrected chi connectivity index (χ3v) is 1.95. The van der Waals surface area contributed by atoms with Gasteiger partial charge in [0.25, 0.3) is 11.7 Å². The Morgan fingerprint density at radius 2 is 1.61 bits per heavy atom. The van der Waals surface area contributed by atoms with Crippen molar-refractivity contribution in [2.45, 2.75) is 6.92 Å². The normalized spacial score (nSPS) is 9.00. The van der Waals surface area contributed by atoms with E-state index in [-0.39, 0.29) is 11.5 Å². The number of amides is 2. The first-order valence-corrected chi connectivity index (χ1v) is 4.86. The number of nitrogens with two attached hydrogens (primary N) is 2. The van der Waals surface area contributed by atoms with E-state index >= 15 is 0 Å². The molecule has 0 aromatic heterocycles. The van der Waals surface area contributed by atoms with Gasteiger partial charge in [0.2, 0.25) is 5.91 Å². The fourth-order valence-corrected chi connectivity index (χ4v) is 1.11. The molecule has 2 amide bonds. The van der Waals surface area contributed by atoms with Gasteiger partial charge in [-0.2, -0.15) is 0 Å². The molecule has 0 aliphatic carbocycles. The molecule has 1 aromatic carbocycles. The average Bonchev–Trinajstić information content (AvgIpc) is 2.24. The summed E-state index contributed by atoms with van der Waals surface area (Å²) in [5.74, 6) is -3.67. The average molecular weight is 275 g/mol. The van der Waals surface area contributed by atoms with Crippen LogP contribution in [0.5, 0.6) is 11.5 Å². The number of primary amides is 2. The van der Waals surface area contributed by atoms with Crippen molar-refractivity contribution in [1.29, 1.82) is 0 Å². The predicted molar refractivity (Wildman–Crippen MR) is 63.2 cm³/mol. The van der Waals surface area contributed by atoms with Crippen molar-refractivity contribution < 1.29 is 24.6 Å². The van der Waals surface area contributed by atoms with Crippen molar-refractivity contribution in [2.75, 3.05) is 0 Å². The third-order valence-electron chi connectivity index (χ3n) is 1.56. The number of hydrogen-bond donors (Lipinski definition) is 4. The summed E-state index contributed by atoms with van der Waals surface area (Å²) >= 11 is 5.50. The number of carbonyl (C=O) groups is 3. The molecule has 0 unspecified atom stereocenters.